The highest BCUT2D eigenvalue weighted by Crippen LogP contribution is 2.36. The first-order valence-corrected chi connectivity index (χ1v) is 12.8. The molecule has 0 aromatic heterocycles. The fourth-order valence-corrected chi connectivity index (χ4v) is 4.78. The smallest absolute Gasteiger partial charge is 0.258 e. The first-order valence-electron chi connectivity index (χ1n) is 10.5. The molecule has 0 radical (unpaired) electrons. The van der Waals surface area contributed by atoms with Crippen molar-refractivity contribution in [3.8, 4) is 11.5 Å². The van der Waals surface area contributed by atoms with Gasteiger partial charge in [-0.05, 0) is 71.9 Å². The number of hydrogen-bond acceptors (Lipinski definition) is 6. The summed E-state index contributed by atoms with van der Waals surface area (Å²) in [6, 6.07) is 8.95. The summed E-state index contributed by atoms with van der Waals surface area (Å²) < 4.78 is 39.6. The average molecular weight is 540 g/mol. The molecule has 180 valence electrons. The maximum absolute atomic E-state index is 12.8. The number of hydrogen-bond donors (Lipinski definition) is 2. The van der Waals surface area contributed by atoms with Crippen LogP contribution in [0.4, 0.5) is 0 Å². The fraction of sp³-hybridized carbons (Fsp3) is 0.391. The zero-order valence-corrected chi connectivity index (χ0v) is 21.8. The molecule has 0 heterocycles. The number of sulfonamides is 1. The van der Waals surface area contributed by atoms with E-state index in [-0.39, 0.29) is 10.8 Å². The second kappa shape index (κ2) is 12.2. The molecular weight excluding hydrogens is 510 g/mol. The molecular formula is C23H30BrN3O5S. The number of nitrogens with one attached hydrogen (secondary N) is 2. The van der Waals surface area contributed by atoms with Crippen LogP contribution in [0.1, 0.15) is 38.3 Å². The van der Waals surface area contributed by atoms with E-state index in [1.165, 1.54) is 25.5 Å². The number of carbonyl (C=O) groups excluding carboxylic acids is 1. The molecule has 2 aromatic rings. The van der Waals surface area contributed by atoms with Crippen LogP contribution in [0, 0.1) is 12.8 Å². The first-order chi connectivity index (χ1) is 15.6. The zero-order valence-electron chi connectivity index (χ0n) is 19.4. The summed E-state index contributed by atoms with van der Waals surface area (Å²) in [5.41, 5.74) is 4.03. The van der Waals surface area contributed by atoms with Crippen molar-refractivity contribution in [3.05, 3.63) is 52.0 Å². The Hall–Kier alpha value is -2.43. The van der Waals surface area contributed by atoms with Crippen molar-refractivity contribution in [2.24, 2.45) is 11.0 Å². The van der Waals surface area contributed by atoms with Crippen LogP contribution in [0.2, 0.25) is 0 Å². The summed E-state index contributed by atoms with van der Waals surface area (Å²) in [6.07, 6.45) is 1.76. The number of methoxy groups -OCH3 is 1. The molecule has 0 saturated heterocycles. The lowest BCUT2D eigenvalue weighted by Crippen LogP contribution is -2.46. The lowest BCUT2D eigenvalue weighted by atomic mass is 10.0. The zero-order chi connectivity index (χ0) is 24.6. The minimum absolute atomic E-state index is 0.0803. The molecule has 0 saturated carbocycles. The van der Waals surface area contributed by atoms with E-state index in [1.54, 1.807) is 24.3 Å². The van der Waals surface area contributed by atoms with Crippen LogP contribution in [0.15, 0.2) is 50.9 Å². The Morgan fingerprint density at radius 3 is 2.45 bits per heavy atom. The molecule has 0 spiro atoms. The lowest BCUT2D eigenvalue weighted by molar-refractivity contribution is -0.123. The Morgan fingerprint density at radius 1 is 1.21 bits per heavy atom. The maximum Gasteiger partial charge on any atom is 0.258 e. The molecule has 0 aliphatic carbocycles. The average Bonchev–Trinajstić information content (AvgIpc) is 2.74. The molecule has 33 heavy (non-hydrogen) atoms. The van der Waals surface area contributed by atoms with Gasteiger partial charge in [-0.25, -0.2) is 13.8 Å². The van der Waals surface area contributed by atoms with Crippen molar-refractivity contribution >= 4 is 38.1 Å². The van der Waals surface area contributed by atoms with E-state index >= 15 is 0 Å². The maximum atomic E-state index is 12.8. The van der Waals surface area contributed by atoms with Crippen LogP contribution in [0.3, 0.4) is 0 Å². The monoisotopic (exact) mass is 539 g/mol. The Bertz CT molecular complexity index is 1090. The highest BCUT2D eigenvalue weighted by atomic mass is 79.9. The van der Waals surface area contributed by atoms with Crippen LogP contribution in [0.25, 0.3) is 0 Å². The summed E-state index contributed by atoms with van der Waals surface area (Å²) in [7, 11) is -2.34. The summed E-state index contributed by atoms with van der Waals surface area (Å²) in [5.74, 6) is 0.621. The van der Waals surface area contributed by atoms with Gasteiger partial charge in [-0.3, -0.25) is 4.79 Å². The SMILES string of the molecule is CCOc1c(Br)cc(/C=N\NC(=O)[C@H](CC(C)C)NS(=O)(=O)c2ccc(C)cc2)cc1OC. The number of nitrogens with zero attached hydrogens (tertiary/aromatic N) is 1. The molecule has 2 rings (SSSR count). The summed E-state index contributed by atoms with van der Waals surface area (Å²) in [6.45, 7) is 8.04. The van der Waals surface area contributed by atoms with Crippen molar-refractivity contribution in [2.45, 2.75) is 45.1 Å². The Labute approximate surface area is 203 Å². The Morgan fingerprint density at radius 2 is 1.88 bits per heavy atom. The topological polar surface area (TPSA) is 106 Å². The van der Waals surface area contributed by atoms with Crippen molar-refractivity contribution in [2.75, 3.05) is 13.7 Å². The number of amides is 1. The largest absolute Gasteiger partial charge is 0.493 e. The van der Waals surface area contributed by atoms with E-state index < -0.39 is 22.0 Å². The van der Waals surface area contributed by atoms with Gasteiger partial charge in [0.2, 0.25) is 10.0 Å². The number of ether oxygens (including phenoxy) is 2. The number of hydrazone groups is 1. The van der Waals surface area contributed by atoms with Gasteiger partial charge in [0.05, 0.1) is 29.3 Å². The third-order valence-corrected chi connectivity index (χ3v) is 6.66. The molecule has 8 nitrogen and oxygen atoms in total. The van der Waals surface area contributed by atoms with Gasteiger partial charge in [0.15, 0.2) is 11.5 Å². The minimum Gasteiger partial charge on any atom is -0.493 e. The molecule has 1 amide bonds. The summed E-state index contributed by atoms with van der Waals surface area (Å²) in [4.78, 5) is 12.9. The predicted molar refractivity (Wildman–Crippen MR) is 132 cm³/mol. The molecule has 10 heteroatoms. The van der Waals surface area contributed by atoms with E-state index in [2.05, 4.69) is 31.2 Å². The highest BCUT2D eigenvalue weighted by molar-refractivity contribution is 9.10. The normalized spacial score (nSPS) is 12.7. The number of aryl methyl sites for hydroxylation is 1. The second-order valence-corrected chi connectivity index (χ2v) is 10.4. The summed E-state index contributed by atoms with van der Waals surface area (Å²) >= 11 is 3.44. The molecule has 0 aliphatic heterocycles. The van der Waals surface area contributed by atoms with E-state index in [1.807, 2.05) is 27.7 Å². The molecule has 0 aliphatic rings. The number of halogens is 1. The van der Waals surface area contributed by atoms with Gasteiger partial charge in [0, 0.05) is 0 Å². The molecule has 1 atom stereocenters. The van der Waals surface area contributed by atoms with Crippen molar-refractivity contribution in [3.63, 3.8) is 0 Å². The van der Waals surface area contributed by atoms with Crippen LogP contribution in [-0.4, -0.2) is 40.3 Å². The Kier molecular flexibility index (Phi) is 9.87. The van der Waals surface area contributed by atoms with Crippen LogP contribution < -0.4 is 19.6 Å². The van der Waals surface area contributed by atoms with Gasteiger partial charge in [0.1, 0.15) is 6.04 Å². The van der Waals surface area contributed by atoms with Crippen molar-refractivity contribution in [1.29, 1.82) is 0 Å². The quantitative estimate of drug-likeness (QED) is 0.331. The van der Waals surface area contributed by atoms with Gasteiger partial charge in [-0.2, -0.15) is 9.82 Å². The van der Waals surface area contributed by atoms with E-state index in [0.29, 0.717) is 34.6 Å². The van der Waals surface area contributed by atoms with Gasteiger partial charge >= 0.3 is 0 Å². The highest BCUT2D eigenvalue weighted by Gasteiger charge is 2.26. The standard InChI is InChI=1S/C23H30BrN3O5S/c1-6-32-22-19(24)12-17(13-21(22)31-5)14-25-26-23(28)20(11-15(2)3)27-33(29,30)18-9-7-16(4)8-10-18/h7-10,12-15,20,27H,6,11H2,1-5H3,(H,26,28)/b25-14-/t20-/m0/s1. The lowest BCUT2D eigenvalue weighted by Gasteiger charge is -2.19. The molecule has 0 unspecified atom stereocenters. The number of benzene rings is 2. The second-order valence-electron chi connectivity index (χ2n) is 7.82. The van der Waals surface area contributed by atoms with Crippen molar-refractivity contribution < 1.29 is 22.7 Å². The van der Waals surface area contributed by atoms with Gasteiger partial charge in [-0.15, -0.1) is 0 Å². The summed E-state index contributed by atoms with van der Waals surface area (Å²) in [5, 5.41) is 4.00. The number of rotatable bonds is 11. The van der Waals surface area contributed by atoms with Gasteiger partial charge in [0.25, 0.3) is 5.91 Å². The van der Waals surface area contributed by atoms with Gasteiger partial charge < -0.3 is 9.47 Å². The predicted octanol–water partition coefficient (Wildman–Crippen LogP) is 4.01. The first kappa shape index (κ1) is 26.8. The van der Waals surface area contributed by atoms with Crippen molar-refractivity contribution in [1.82, 2.24) is 10.1 Å². The molecule has 0 bridgehead atoms. The van der Waals surface area contributed by atoms with Crippen LogP contribution in [0.5, 0.6) is 11.5 Å². The van der Waals surface area contributed by atoms with Gasteiger partial charge in [-0.1, -0.05) is 31.5 Å². The van der Waals surface area contributed by atoms with E-state index in [0.717, 1.165) is 5.56 Å². The van der Waals surface area contributed by atoms with Crippen LogP contribution >= 0.6 is 15.9 Å². The fourth-order valence-electron chi connectivity index (χ4n) is 3.00. The number of carbonyl (C=O) groups is 1. The molecule has 2 aromatic carbocycles. The third kappa shape index (κ3) is 7.83. The van der Waals surface area contributed by atoms with Crippen LogP contribution in [-0.2, 0) is 14.8 Å². The third-order valence-electron chi connectivity index (χ3n) is 4.58. The van der Waals surface area contributed by atoms with E-state index in [4.69, 9.17) is 9.47 Å². The Balaban J connectivity index is 2.16. The molecule has 2 N–H and O–H groups in total. The molecule has 0 fully saturated rings. The minimum atomic E-state index is -3.87. The van der Waals surface area contributed by atoms with E-state index in [9.17, 15) is 13.2 Å².